The number of aliphatic carboxylic acids is 1. The largest absolute Gasteiger partial charge is 0.490 e. The van der Waals surface area contributed by atoms with Crippen LogP contribution in [0.1, 0.15) is 30.2 Å². The van der Waals surface area contributed by atoms with E-state index in [0.717, 1.165) is 10.4 Å². The van der Waals surface area contributed by atoms with Gasteiger partial charge in [0.2, 0.25) is 0 Å². The number of thiophene rings is 1. The van der Waals surface area contributed by atoms with E-state index in [-0.39, 0.29) is 0 Å². The van der Waals surface area contributed by atoms with E-state index in [2.05, 4.69) is 0 Å². The van der Waals surface area contributed by atoms with Crippen LogP contribution in [0.5, 0.6) is 11.5 Å². The lowest BCUT2D eigenvalue weighted by Gasteiger charge is -2.14. The van der Waals surface area contributed by atoms with E-state index in [4.69, 9.17) is 9.47 Å². The molecule has 2 rings (SSSR count). The van der Waals surface area contributed by atoms with Crippen molar-refractivity contribution < 1.29 is 19.4 Å². The third kappa shape index (κ3) is 4.01. The van der Waals surface area contributed by atoms with Gasteiger partial charge in [0.15, 0.2) is 11.5 Å². The molecule has 0 fully saturated rings. The summed E-state index contributed by atoms with van der Waals surface area (Å²) in [5, 5.41) is 11.4. The molecule has 1 unspecified atom stereocenters. The second-order valence-electron chi connectivity index (χ2n) is 4.76. The van der Waals surface area contributed by atoms with E-state index >= 15 is 0 Å². The van der Waals surface area contributed by atoms with Crippen LogP contribution < -0.4 is 9.47 Å². The van der Waals surface area contributed by atoms with E-state index in [1.54, 1.807) is 0 Å². The summed E-state index contributed by atoms with van der Waals surface area (Å²) in [4.78, 5) is 12.4. The molecule has 0 saturated heterocycles. The van der Waals surface area contributed by atoms with E-state index < -0.39 is 11.9 Å². The Labute approximate surface area is 134 Å². The number of carboxylic acids is 1. The summed E-state index contributed by atoms with van der Waals surface area (Å²) in [5.41, 5.74) is 0.924. The topological polar surface area (TPSA) is 55.8 Å². The fourth-order valence-electron chi connectivity index (χ4n) is 2.26. The minimum absolute atomic E-state index is 0.433. The molecule has 0 aliphatic rings. The number of ether oxygens (including phenoxy) is 2. The number of carboxylic acid groups (broad SMARTS) is 1. The summed E-state index contributed by atoms with van der Waals surface area (Å²) in [6.45, 7) is 4.93. The smallest absolute Gasteiger partial charge is 0.312 e. The summed E-state index contributed by atoms with van der Waals surface area (Å²) in [7, 11) is 0. The molecule has 5 heteroatoms. The van der Waals surface area contributed by atoms with Crippen molar-refractivity contribution >= 4 is 17.3 Å². The first-order valence-corrected chi connectivity index (χ1v) is 8.18. The Morgan fingerprint density at radius 3 is 2.50 bits per heavy atom. The highest BCUT2D eigenvalue weighted by Gasteiger charge is 2.22. The molecule has 0 radical (unpaired) electrons. The van der Waals surface area contributed by atoms with Gasteiger partial charge in [-0.05, 0) is 49.4 Å². The third-order valence-electron chi connectivity index (χ3n) is 3.23. The van der Waals surface area contributed by atoms with Crippen molar-refractivity contribution in [3.05, 3.63) is 46.2 Å². The Hall–Kier alpha value is -2.01. The monoisotopic (exact) mass is 320 g/mol. The van der Waals surface area contributed by atoms with Crippen molar-refractivity contribution in [2.24, 2.45) is 0 Å². The Balaban J connectivity index is 2.24. The van der Waals surface area contributed by atoms with E-state index in [9.17, 15) is 9.90 Å². The van der Waals surface area contributed by atoms with Crippen LogP contribution in [0, 0.1) is 0 Å². The predicted molar refractivity (Wildman–Crippen MR) is 87.2 cm³/mol. The lowest BCUT2D eigenvalue weighted by molar-refractivity contribution is -0.138. The van der Waals surface area contributed by atoms with Gasteiger partial charge in [-0.2, -0.15) is 0 Å². The molecule has 1 N–H and O–H groups in total. The van der Waals surface area contributed by atoms with Gasteiger partial charge < -0.3 is 14.6 Å². The number of hydrogen-bond acceptors (Lipinski definition) is 4. The lowest BCUT2D eigenvalue weighted by Crippen LogP contribution is -2.13. The average molecular weight is 320 g/mol. The van der Waals surface area contributed by atoms with Gasteiger partial charge >= 0.3 is 5.97 Å². The van der Waals surface area contributed by atoms with Crippen LogP contribution in [0.4, 0.5) is 0 Å². The molecule has 1 aromatic heterocycles. The minimum Gasteiger partial charge on any atom is -0.490 e. The van der Waals surface area contributed by atoms with Crippen LogP contribution in [-0.4, -0.2) is 24.3 Å². The fourth-order valence-corrected chi connectivity index (χ4v) is 3.08. The molecule has 118 valence electrons. The second kappa shape index (κ2) is 7.84. The molecule has 1 atom stereocenters. The zero-order valence-electron chi connectivity index (χ0n) is 12.7. The number of rotatable bonds is 8. The molecular weight excluding hydrogens is 300 g/mol. The van der Waals surface area contributed by atoms with Crippen LogP contribution in [0.25, 0.3) is 0 Å². The number of carbonyl (C=O) groups is 1. The van der Waals surface area contributed by atoms with Crippen LogP contribution >= 0.6 is 11.3 Å². The van der Waals surface area contributed by atoms with E-state index in [1.807, 2.05) is 49.6 Å². The van der Waals surface area contributed by atoms with Crippen molar-refractivity contribution in [1.29, 1.82) is 0 Å². The zero-order valence-corrected chi connectivity index (χ0v) is 13.6. The van der Waals surface area contributed by atoms with Crippen molar-refractivity contribution in [3.8, 4) is 11.5 Å². The maximum atomic E-state index is 11.5. The average Bonchev–Trinajstić information content (AvgIpc) is 3.01. The molecule has 0 saturated carbocycles. The van der Waals surface area contributed by atoms with Gasteiger partial charge in [0, 0.05) is 4.88 Å². The summed E-state index contributed by atoms with van der Waals surface area (Å²) < 4.78 is 11.1. The van der Waals surface area contributed by atoms with Gasteiger partial charge in [-0.1, -0.05) is 12.1 Å². The second-order valence-corrected chi connectivity index (χ2v) is 5.74. The molecule has 1 aromatic carbocycles. The molecule has 0 aliphatic carbocycles. The molecule has 0 amide bonds. The lowest BCUT2D eigenvalue weighted by atomic mass is 9.97. The van der Waals surface area contributed by atoms with Gasteiger partial charge in [0.05, 0.1) is 19.1 Å². The Morgan fingerprint density at radius 1 is 1.18 bits per heavy atom. The van der Waals surface area contributed by atoms with Gasteiger partial charge in [-0.15, -0.1) is 11.3 Å². The molecule has 0 bridgehead atoms. The first kappa shape index (κ1) is 16.4. The summed E-state index contributed by atoms with van der Waals surface area (Å²) in [6.07, 6.45) is 0.433. The standard InChI is InChI=1S/C17H20O4S/c1-3-20-14-8-7-12(11-15(14)21-4-2)10-13(17(18)19)16-6-5-9-22-16/h5-9,11,13H,3-4,10H2,1-2H3,(H,18,19). The van der Waals surface area contributed by atoms with Crippen molar-refractivity contribution in [3.63, 3.8) is 0 Å². The molecule has 1 heterocycles. The predicted octanol–water partition coefficient (Wildman–Crippen LogP) is 3.96. The molecule has 0 aliphatic heterocycles. The maximum absolute atomic E-state index is 11.5. The highest BCUT2D eigenvalue weighted by atomic mass is 32.1. The maximum Gasteiger partial charge on any atom is 0.312 e. The van der Waals surface area contributed by atoms with E-state index in [1.165, 1.54) is 11.3 Å². The summed E-state index contributed by atoms with van der Waals surface area (Å²) in [6, 6.07) is 9.35. The van der Waals surface area contributed by atoms with Gasteiger partial charge in [0.25, 0.3) is 0 Å². The summed E-state index contributed by atoms with van der Waals surface area (Å²) in [5.74, 6) is 0.00924. The number of hydrogen-bond donors (Lipinski definition) is 1. The minimum atomic E-state index is -0.811. The first-order chi connectivity index (χ1) is 10.7. The van der Waals surface area contributed by atoms with Crippen LogP contribution in [-0.2, 0) is 11.2 Å². The van der Waals surface area contributed by atoms with Crippen molar-refractivity contribution in [2.75, 3.05) is 13.2 Å². The Morgan fingerprint density at radius 2 is 1.91 bits per heavy atom. The van der Waals surface area contributed by atoms with Crippen molar-refractivity contribution in [2.45, 2.75) is 26.2 Å². The molecule has 2 aromatic rings. The normalized spacial score (nSPS) is 11.9. The first-order valence-electron chi connectivity index (χ1n) is 7.30. The molecule has 4 nitrogen and oxygen atoms in total. The van der Waals surface area contributed by atoms with Crippen LogP contribution in [0.3, 0.4) is 0 Å². The Bertz CT molecular complexity index is 607. The van der Waals surface area contributed by atoms with Gasteiger partial charge in [0.1, 0.15) is 0 Å². The van der Waals surface area contributed by atoms with Gasteiger partial charge in [-0.25, -0.2) is 0 Å². The van der Waals surface area contributed by atoms with Crippen LogP contribution in [0.15, 0.2) is 35.7 Å². The highest BCUT2D eigenvalue weighted by Crippen LogP contribution is 2.32. The van der Waals surface area contributed by atoms with E-state index in [0.29, 0.717) is 31.1 Å². The zero-order chi connectivity index (χ0) is 15.9. The molecular formula is C17H20O4S. The Kier molecular flexibility index (Phi) is 5.83. The highest BCUT2D eigenvalue weighted by molar-refractivity contribution is 7.10. The van der Waals surface area contributed by atoms with Crippen LogP contribution in [0.2, 0.25) is 0 Å². The quantitative estimate of drug-likeness (QED) is 0.800. The summed E-state index contributed by atoms with van der Waals surface area (Å²) >= 11 is 1.47. The molecule has 22 heavy (non-hydrogen) atoms. The van der Waals surface area contributed by atoms with Gasteiger partial charge in [-0.3, -0.25) is 4.79 Å². The fraction of sp³-hybridized carbons (Fsp3) is 0.353. The van der Waals surface area contributed by atoms with Crippen molar-refractivity contribution in [1.82, 2.24) is 0 Å². The number of benzene rings is 1. The third-order valence-corrected chi connectivity index (χ3v) is 4.22. The molecule has 0 spiro atoms. The SMILES string of the molecule is CCOc1ccc(CC(C(=O)O)c2cccs2)cc1OCC.